The number of amides is 1. The van der Waals surface area contributed by atoms with Gasteiger partial charge in [-0.1, -0.05) is 6.07 Å². The Labute approximate surface area is 162 Å². The molecule has 0 aliphatic carbocycles. The van der Waals surface area contributed by atoms with Crippen molar-refractivity contribution in [3.05, 3.63) is 53.3 Å². The van der Waals surface area contributed by atoms with Gasteiger partial charge in [0.2, 0.25) is 0 Å². The van der Waals surface area contributed by atoms with Gasteiger partial charge in [0.25, 0.3) is 5.91 Å². The van der Waals surface area contributed by atoms with Gasteiger partial charge in [-0.15, -0.1) is 0 Å². The highest BCUT2D eigenvalue weighted by molar-refractivity contribution is 5.93. The predicted molar refractivity (Wildman–Crippen MR) is 99.4 cm³/mol. The standard InChI is InChI=1S/C20H23F3N2O3/c1-12(20(26)24-15-7-6-14(21)18(22)19(15)23)25(2)10-9-13-5-8-16(27-3)17(11-13)28-4/h5-8,11-12H,9-10H2,1-4H3,(H,24,26)/p+1/t12-/m1/s1. The Morgan fingerprint density at radius 1 is 1.07 bits per heavy atom. The van der Waals surface area contributed by atoms with Crippen LogP contribution in [-0.4, -0.2) is 39.8 Å². The third-order valence-corrected chi connectivity index (χ3v) is 4.68. The van der Waals surface area contributed by atoms with Gasteiger partial charge in [-0.2, -0.15) is 0 Å². The minimum Gasteiger partial charge on any atom is -0.493 e. The molecule has 0 aliphatic heterocycles. The lowest BCUT2D eigenvalue weighted by Gasteiger charge is -2.21. The van der Waals surface area contributed by atoms with Crippen LogP contribution in [0.4, 0.5) is 18.9 Å². The molecular weight excluding hydrogens is 373 g/mol. The summed E-state index contributed by atoms with van der Waals surface area (Å²) in [4.78, 5) is 13.2. The zero-order valence-electron chi connectivity index (χ0n) is 16.2. The number of likely N-dealkylation sites (N-methyl/N-ethyl adjacent to an activating group) is 1. The second-order valence-electron chi connectivity index (χ2n) is 6.47. The molecule has 0 heterocycles. The van der Waals surface area contributed by atoms with E-state index in [1.807, 2.05) is 25.2 Å². The maximum Gasteiger partial charge on any atom is 0.282 e. The fraction of sp³-hybridized carbons (Fsp3) is 0.350. The zero-order valence-corrected chi connectivity index (χ0v) is 16.2. The molecule has 2 aromatic rings. The Balaban J connectivity index is 1.98. The number of nitrogens with one attached hydrogen (secondary N) is 2. The molecule has 2 rings (SSSR count). The number of hydrogen-bond donors (Lipinski definition) is 2. The van der Waals surface area contributed by atoms with Crippen LogP contribution in [0.3, 0.4) is 0 Å². The van der Waals surface area contributed by atoms with Crippen molar-refractivity contribution in [3.8, 4) is 11.5 Å². The van der Waals surface area contributed by atoms with Gasteiger partial charge >= 0.3 is 0 Å². The van der Waals surface area contributed by atoms with Gasteiger partial charge in [-0.3, -0.25) is 4.79 Å². The first-order valence-corrected chi connectivity index (χ1v) is 8.76. The highest BCUT2D eigenvalue weighted by atomic mass is 19.2. The second-order valence-corrected chi connectivity index (χ2v) is 6.47. The van der Waals surface area contributed by atoms with Crippen molar-refractivity contribution in [2.45, 2.75) is 19.4 Å². The minimum atomic E-state index is -1.61. The normalized spacial score (nSPS) is 13.0. The van der Waals surface area contributed by atoms with E-state index in [1.165, 1.54) is 0 Å². The smallest absolute Gasteiger partial charge is 0.282 e. The number of quaternary nitrogens is 1. The third-order valence-electron chi connectivity index (χ3n) is 4.68. The molecule has 0 aromatic heterocycles. The Morgan fingerprint density at radius 2 is 1.75 bits per heavy atom. The van der Waals surface area contributed by atoms with Crippen molar-refractivity contribution in [1.29, 1.82) is 0 Å². The van der Waals surface area contributed by atoms with Crippen molar-refractivity contribution in [2.75, 3.05) is 33.1 Å². The molecule has 152 valence electrons. The van der Waals surface area contributed by atoms with Crippen molar-refractivity contribution in [3.63, 3.8) is 0 Å². The molecule has 0 saturated carbocycles. The van der Waals surface area contributed by atoms with E-state index in [4.69, 9.17) is 9.47 Å². The van der Waals surface area contributed by atoms with Gasteiger partial charge in [0, 0.05) is 6.42 Å². The molecule has 0 bridgehead atoms. The third kappa shape index (κ3) is 4.95. The molecule has 2 N–H and O–H groups in total. The van der Waals surface area contributed by atoms with E-state index >= 15 is 0 Å². The van der Waals surface area contributed by atoms with Crippen LogP contribution in [0.25, 0.3) is 0 Å². The van der Waals surface area contributed by atoms with Crippen molar-refractivity contribution in [1.82, 2.24) is 0 Å². The highest BCUT2D eigenvalue weighted by Crippen LogP contribution is 2.27. The van der Waals surface area contributed by atoms with Crippen LogP contribution in [0.5, 0.6) is 11.5 Å². The lowest BCUT2D eigenvalue weighted by Crippen LogP contribution is -3.14. The Morgan fingerprint density at radius 3 is 2.39 bits per heavy atom. The predicted octanol–water partition coefficient (Wildman–Crippen LogP) is 2.21. The zero-order chi connectivity index (χ0) is 20.8. The van der Waals surface area contributed by atoms with E-state index < -0.39 is 29.4 Å². The first-order chi connectivity index (χ1) is 13.3. The number of halogens is 3. The molecule has 2 aromatic carbocycles. The number of methoxy groups -OCH3 is 2. The van der Waals surface area contributed by atoms with E-state index in [0.717, 1.165) is 22.6 Å². The Hall–Kier alpha value is -2.74. The van der Waals surface area contributed by atoms with E-state index in [1.54, 1.807) is 21.1 Å². The summed E-state index contributed by atoms with van der Waals surface area (Å²) in [5.41, 5.74) is 0.625. The van der Waals surface area contributed by atoms with Crippen molar-refractivity contribution >= 4 is 11.6 Å². The largest absolute Gasteiger partial charge is 0.493 e. The molecule has 28 heavy (non-hydrogen) atoms. The van der Waals surface area contributed by atoms with Crippen LogP contribution in [0.2, 0.25) is 0 Å². The fourth-order valence-corrected chi connectivity index (χ4v) is 2.68. The van der Waals surface area contributed by atoms with Crippen molar-refractivity contribution in [2.24, 2.45) is 0 Å². The van der Waals surface area contributed by atoms with E-state index in [2.05, 4.69) is 5.32 Å². The van der Waals surface area contributed by atoms with Gasteiger partial charge in [0.15, 0.2) is 35.0 Å². The van der Waals surface area contributed by atoms with E-state index in [9.17, 15) is 18.0 Å². The minimum absolute atomic E-state index is 0.386. The van der Waals surface area contributed by atoms with Crippen LogP contribution in [0.1, 0.15) is 12.5 Å². The molecule has 0 fully saturated rings. The van der Waals surface area contributed by atoms with Gasteiger partial charge in [-0.05, 0) is 36.8 Å². The first kappa shape index (κ1) is 21.6. The number of anilines is 1. The van der Waals surface area contributed by atoms with Gasteiger partial charge in [0.05, 0.1) is 33.5 Å². The van der Waals surface area contributed by atoms with Crippen LogP contribution >= 0.6 is 0 Å². The van der Waals surface area contributed by atoms with Crippen LogP contribution in [0.15, 0.2) is 30.3 Å². The summed E-state index contributed by atoms with van der Waals surface area (Å²) in [5.74, 6) is -3.57. The molecule has 1 amide bonds. The number of carbonyl (C=O) groups excluding carboxylic acids is 1. The van der Waals surface area contributed by atoms with Crippen LogP contribution < -0.4 is 19.7 Å². The summed E-state index contributed by atoms with van der Waals surface area (Å²) < 4.78 is 50.5. The Kier molecular flexibility index (Phi) is 7.28. The van der Waals surface area contributed by atoms with Crippen molar-refractivity contribution < 1.29 is 32.3 Å². The van der Waals surface area contributed by atoms with E-state index in [0.29, 0.717) is 24.5 Å². The van der Waals surface area contributed by atoms with Gasteiger partial charge in [0.1, 0.15) is 0 Å². The first-order valence-electron chi connectivity index (χ1n) is 8.76. The summed E-state index contributed by atoms with van der Waals surface area (Å²) in [6.07, 6.45) is 0.670. The monoisotopic (exact) mass is 397 g/mol. The summed E-state index contributed by atoms with van der Waals surface area (Å²) >= 11 is 0. The topological polar surface area (TPSA) is 52.0 Å². The summed E-state index contributed by atoms with van der Waals surface area (Å²) in [6, 6.07) is 6.83. The van der Waals surface area contributed by atoms with Crippen LogP contribution in [0, 0.1) is 17.5 Å². The summed E-state index contributed by atoms with van der Waals surface area (Å²) in [7, 11) is 4.95. The number of ether oxygens (including phenoxy) is 2. The molecule has 1 unspecified atom stereocenters. The Bertz CT molecular complexity index is 846. The lowest BCUT2D eigenvalue weighted by atomic mass is 10.1. The number of rotatable bonds is 8. The second kappa shape index (κ2) is 9.45. The number of benzene rings is 2. The molecular formula is C20H24F3N2O3+. The SMILES string of the molecule is COc1ccc(CC[NH+](C)[C@H](C)C(=O)Nc2ccc(F)c(F)c2F)cc1OC. The average Bonchev–Trinajstić information content (AvgIpc) is 2.71. The maximum atomic E-state index is 13.7. The molecule has 8 heteroatoms. The fourth-order valence-electron chi connectivity index (χ4n) is 2.68. The maximum absolute atomic E-state index is 13.7. The summed E-state index contributed by atoms with van der Waals surface area (Å²) in [5, 5.41) is 2.31. The van der Waals surface area contributed by atoms with Gasteiger partial charge < -0.3 is 19.7 Å². The molecule has 0 saturated heterocycles. The molecule has 0 radical (unpaired) electrons. The average molecular weight is 397 g/mol. The van der Waals surface area contributed by atoms with E-state index in [-0.39, 0.29) is 5.69 Å². The van der Waals surface area contributed by atoms with Gasteiger partial charge in [-0.25, -0.2) is 13.2 Å². The molecule has 0 aliphatic rings. The number of carbonyl (C=O) groups is 1. The molecule has 5 nitrogen and oxygen atoms in total. The quantitative estimate of drug-likeness (QED) is 0.672. The highest BCUT2D eigenvalue weighted by Gasteiger charge is 2.24. The molecule has 2 atom stereocenters. The van der Waals surface area contributed by atoms with Crippen LogP contribution in [-0.2, 0) is 11.2 Å². The molecule has 0 spiro atoms. The number of hydrogen-bond acceptors (Lipinski definition) is 3. The summed E-state index contributed by atoms with van der Waals surface area (Å²) in [6.45, 7) is 2.29. The lowest BCUT2D eigenvalue weighted by molar-refractivity contribution is -0.893.